The van der Waals surface area contributed by atoms with Crippen molar-refractivity contribution in [2.24, 2.45) is 0 Å². The number of benzene rings is 1. The van der Waals surface area contributed by atoms with Gasteiger partial charge >= 0.3 is 0 Å². The molecule has 0 aromatic heterocycles. The number of carbonyl (C=O) groups excluding carboxylic acids is 1. The van der Waals surface area contributed by atoms with Crippen molar-refractivity contribution >= 4 is 21.8 Å². The number of carbonyl (C=O) groups is 1. The van der Waals surface area contributed by atoms with E-state index in [0.29, 0.717) is 0 Å². The Kier molecular flexibility index (Phi) is 3.54. The molecule has 0 saturated carbocycles. The molecule has 0 spiro atoms. The van der Waals surface area contributed by atoms with Crippen LogP contribution in [0.1, 0.15) is 18.9 Å². The maximum atomic E-state index is 12.4. The molecule has 1 atom stereocenters. The monoisotopic (exact) mass is 296 g/mol. The van der Waals surface area contributed by atoms with Crippen LogP contribution in [0.3, 0.4) is 0 Å². The van der Waals surface area contributed by atoms with Crippen LogP contribution in [0.4, 0.5) is 0 Å². The third kappa shape index (κ3) is 2.38. The van der Waals surface area contributed by atoms with Crippen molar-refractivity contribution in [2.75, 3.05) is 20.1 Å². The molecule has 92 valence electrons. The van der Waals surface area contributed by atoms with Crippen LogP contribution in [0, 0.1) is 0 Å². The third-order valence-corrected chi connectivity index (χ3v) is 3.82. The Balaban J connectivity index is 2.42. The van der Waals surface area contributed by atoms with Crippen LogP contribution in [0.2, 0.25) is 0 Å². The first-order valence-electron chi connectivity index (χ1n) is 5.81. The van der Waals surface area contributed by atoms with Crippen LogP contribution in [0.15, 0.2) is 28.7 Å². The summed E-state index contributed by atoms with van der Waals surface area (Å²) < 4.78 is 0.998. The van der Waals surface area contributed by atoms with E-state index >= 15 is 0 Å². The van der Waals surface area contributed by atoms with E-state index in [1.165, 1.54) is 0 Å². The summed E-state index contributed by atoms with van der Waals surface area (Å²) in [5.74, 6) is 0.133. The molecule has 1 heterocycles. The molecule has 1 unspecified atom stereocenters. The molecule has 1 N–H and O–H groups in total. The van der Waals surface area contributed by atoms with Crippen molar-refractivity contribution in [2.45, 2.75) is 18.9 Å². The average Bonchev–Trinajstić information content (AvgIpc) is 2.44. The van der Waals surface area contributed by atoms with E-state index in [4.69, 9.17) is 0 Å². The number of amides is 1. The maximum absolute atomic E-state index is 12.4. The van der Waals surface area contributed by atoms with Gasteiger partial charge < -0.3 is 4.90 Å². The Labute approximate surface area is 110 Å². The van der Waals surface area contributed by atoms with Crippen LogP contribution in [-0.4, -0.2) is 30.9 Å². The van der Waals surface area contributed by atoms with Crippen molar-refractivity contribution in [3.05, 3.63) is 34.3 Å². The lowest BCUT2D eigenvalue weighted by molar-refractivity contribution is -0.135. The van der Waals surface area contributed by atoms with Crippen molar-refractivity contribution in [1.82, 2.24) is 10.2 Å². The van der Waals surface area contributed by atoms with Gasteiger partial charge in [-0.05, 0) is 37.6 Å². The maximum Gasteiger partial charge on any atom is 0.246 e. The zero-order chi connectivity index (χ0) is 12.5. The molecule has 1 aliphatic rings. The minimum atomic E-state index is -0.616. The van der Waals surface area contributed by atoms with Gasteiger partial charge in [0.1, 0.15) is 5.54 Å². The van der Waals surface area contributed by atoms with E-state index < -0.39 is 5.54 Å². The molecule has 0 radical (unpaired) electrons. The quantitative estimate of drug-likeness (QED) is 0.861. The van der Waals surface area contributed by atoms with E-state index in [1.807, 2.05) is 38.2 Å². The first-order chi connectivity index (χ1) is 8.04. The highest BCUT2D eigenvalue weighted by Crippen LogP contribution is 2.27. The highest BCUT2D eigenvalue weighted by Gasteiger charge is 2.38. The molecule has 3 nitrogen and oxygen atoms in total. The van der Waals surface area contributed by atoms with E-state index in [9.17, 15) is 4.79 Å². The standard InChI is InChI=1S/C13H17BrN2O/c1-13(10-5-3-6-11(14)9-10)12(17)16(2)8-4-7-15-13/h3,5-6,9,15H,4,7-8H2,1-2H3. The molecule has 1 amide bonds. The minimum Gasteiger partial charge on any atom is -0.344 e. The first kappa shape index (κ1) is 12.6. The molecular formula is C13H17BrN2O. The number of nitrogens with one attached hydrogen (secondary N) is 1. The van der Waals surface area contributed by atoms with E-state index in [2.05, 4.69) is 21.2 Å². The van der Waals surface area contributed by atoms with Gasteiger partial charge in [-0.15, -0.1) is 0 Å². The Bertz CT molecular complexity index is 435. The molecule has 1 fully saturated rings. The summed E-state index contributed by atoms with van der Waals surface area (Å²) in [5, 5.41) is 3.37. The second-order valence-electron chi connectivity index (χ2n) is 4.64. The first-order valence-corrected chi connectivity index (χ1v) is 6.60. The van der Waals surface area contributed by atoms with Gasteiger partial charge in [0.15, 0.2) is 0 Å². The summed E-state index contributed by atoms with van der Waals surface area (Å²) in [5.41, 5.74) is 0.389. The molecule has 1 aliphatic heterocycles. The van der Waals surface area contributed by atoms with E-state index in [-0.39, 0.29) is 5.91 Å². The molecule has 1 saturated heterocycles. The molecule has 2 rings (SSSR count). The Morgan fingerprint density at radius 3 is 2.94 bits per heavy atom. The second kappa shape index (κ2) is 4.78. The summed E-state index contributed by atoms with van der Waals surface area (Å²) >= 11 is 3.45. The Hall–Kier alpha value is -0.870. The lowest BCUT2D eigenvalue weighted by atomic mass is 9.91. The Morgan fingerprint density at radius 1 is 1.47 bits per heavy atom. The van der Waals surface area contributed by atoms with Gasteiger partial charge in [0, 0.05) is 18.1 Å². The number of rotatable bonds is 1. The normalized spacial score (nSPS) is 25.8. The topological polar surface area (TPSA) is 32.3 Å². The summed E-state index contributed by atoms with van der Waals surface area (Å²) in [7, 11) is 1.87. The van der Waals surface area contributed by atoms with Gasteiger partial charge in [0.2, 0.25) is 5.91 Å². The number of halogens is 1. The fourth-order valence-electron chi connectivity index (χ4n) is 2.24. The van der Waals surface area contributed by atoms with Gasteiger partial charge in [0.25, 0.3) is 0 Å². The predicted octanol–water partition coefficient (Wildman–Crippen LogP) is 2.12. The average molecular weight is 297 g/mol. The summed E-state index contributed by atoms with van der Waals surface area (Å²) in [4.78, 5) is 14.2. The molecule has 4 heteroatoms. The number of hydrogen-bond donors (Lipinski definition) is 1. The number of nitrogens with zero attached hydrogens (tertiary/aromatic N) is 1. The summed E-state index contributed by atoms with van der Waals surface area (Å²) in [6.45, 7) is 3.63. The van der Waals surface area contributed by atoms with E-state index in [1.54, 1.807) is 4.90 Å². The zero-order valence-corrected chi connectivity index (χ0v) is 11.8. The minimum absolute atomic E-state index is 0.133. The van der Waals surface area contributed by atoms with Crippen LogP contribution >= 0.6 is 15.9 Å². The largest absolute Gasteiger partial charge is 0.344 e. The SMILES string of the molecule is CN1CCCNC(C)(c2cccc(Br)c2)C1=O. The van der Waals surface area contributed by atoms with Crippen LogP contribution in [0.5, 0.6) is 0 Å². The third-order valence-electron chi connectivity index (χ3n) is 3.33. The van der Waals surface area contributed by atoms with Crippen LogP contribution in [-0.2, 0) is 10.3 Å². The fraction of sp³-hybridized carbons (Fsp3) is 0.462. The van der Waals surface area contributed by atoms with Crippen molar-refractivity contribution in [1.29, 1.82) is 0 Å². The van der Waals surface area contributed by atoms with Gasteiger partial charge in [-0.1, -0.05) is 28.1 Å². The smallest absolute Gasteiger partial charge is 0.246 e. The highest BCUT2D eigenvalue weighted by molar-refractivity contribution is 9.10. The number of likely N-dealkylation sites (N-methyl/N-ethyl adjacent to an activating group) is 1. The van der Waals surface area contributed by atoms with E-state index in [0.717, 1.165) is 29.5 Å². The lowest BCUT2D eigenvalue weighted by Crippen LogP contribution is -2.50. The molecule has 1 aromatic rings. The molecule has 0 bridgehead atoms. The van der Waals surface area contributed by atoms with Crippen molar-refractivity contribution < 1.29 is 4.79 Å². The van der Waals surface area contributed by atoms with Gasteiger partial charge in [-0.25, -0.2) is 0 Å². The molecule has 1 aromatic carbocycles. The second-order valence-corrected chi connectivity index (χ2v) is 5.56. The van der Waals surface area contributed by atoms with Gasteiger partial charge in [-0.3, -0.25) is 10.1 Å². The van der Waals surface area contributed by atoms with Crippen molar-refractivity contribution in [3.8, 4) is 0 Å². The van der Waals surface area contributed by atoms with Crippen LogP contribution in [0.25, 0.3) is 0 Å². The zero-order valence-electron chi connectivity index (χ0n) is 10.2. The molecule has 0 aliphatic carbocycles. The summed E-state index contributed by atoms with van der Waals surface area (Å²) in [6.07, 6.45) is 0.992. The van der Waals surface area contributed by atoms with Crippen LogP contribution < -0.4 is 5.32 Å². The predicted molar refractivity (Wildman–Crippen MR) is 71.8 cm³/mol. The van der Waals surface area contributed by atoms with Crippen molar-refractivity contribution in [3.63, 3.8) is 0 Å². The van der Waals surface area contributed by atoms with Gasteiger partial charge in [-0.2, -0.15) is 0 Å². The van der Waals surface area contributed by atoms with Gasteiger partial charge in [0.05, 0.1) is 0 Å². The lowest BCUT2D eigenvalue weighted by Gasteiger charge is -2.31. The highest BCUT2D eigenvalue weighted by atomic mass is 79.9. The molecule has 17 heavy (non-hydrogen) atoms. The number of hydrogen-bond acceptors (Lipinski definition) is 2. The Morgan fingerprint density at radius 2 is 2.24 bits per heavy atom. The fourth-order valence-corrected chi connectivity index (χ4v) is 2.64. The summed E-state index contributed by atoms with van der Waals surface area (Å²) in [6, 6.07) is 7.93. The molecular weight excluding hydrogens is 280 g/mol.